The fraction of sp³-hybridized carbons (Fsp3) is 1.00. The van der Waals surface area contributed by atoms with Crippen LogP contribution in [0.4, 0.5) is 0 Å². The van der Waals surface area contributed by atoms with Crippen molar-refractivity contribution in [3.63, 3.8) is 0 Å². The first-order chi connectivity index (χ1) is 8.99. The van der Waals surface area contributed by atoms with Crippen LogP contribution in [0.5, 0.6) is 0 Å². The maximum Gasteiger partial charge on any atom is 0.0936 e. The van der Waals surface area contributed by atoms with Gasteiger partial charge in [-0.1, -0.05) is 0 Å². The van der Waals surface area contributed by atoms with Crippen molar-refractivity contribution in [3.05, 3.63) is 0 Å². The maximum atomic E-state index is 5.22. The summed E-state index contributed by atoms with van der Waals surface area (Å²) in [5.74, 6) is 1.37. The number of hydrogen-bond acceptors (Lipinski definition) is 4. The van der Waals surface area contributed by atoms with Crippen molar-refractivity contribution in [1.29, 1.82) is 0 Å². The minimum absolute atomic E-state index is 0.551. The number of halogens is 2. The van der Waals surface area contributed by atoms with Crippen LogP contribution < -0.4 is 0 Å². The van der Waals surface area contributed by atoms with Gasteiger partial charge in [0.05, 0.1) is 25.4 Å². The predicted molar refractivity (Wildman–Crippen MR) is 82.6 cm³/mol. The van der Waals surface area contributed by atoms with Crippen molar-refractivity contribution in [3.8, 4) is 0 Å². The number of likely N-dealkylation sites (N-methyl/N-ethyl adjacent to an activating group) is 2. The largest absolute Gasteiger partial charge is 0.372 e. The van der Waals surface area contributed by atoms with Gasteiger partial charge in [-0.3, -0.25) is 0 Å². The molecule has 2 unspecified atom stereocenters. The van der Waals surface area contributed by atoms with E-state index in [0.717, 1.165) is 32.7 Å². The van der Waals surface area contributed by atoms with Crippen molar-refractivity contribution in [2.75, 3.05) is 66.3 Å². The predicted octanol–water partition coefficient (Wildman–Crippen LogP) is 1.75. The van der Waals surface area contributed by atoms with Crippen molar-refractivity contribution < 1.29 is 9.47 Å². The molecule has 19 heavy (non-hydrogen) atoms. The van der Waals surface area contributed by atoms with E-state index in [9.17, 15) is 0 Å². The van der Waals surface area contributed by atoms with Gasteiger partial charge in [0, 0.05) is 24.8 Å². The Morgan fingerprint density at radius 2 is 1.16 bits per heavy atom. The summed E-state index contributed by atoms with van der Waals surface area (Å²) in [4.78, 5) is 4.27. The van der Waals surface area contributed by atoms with E-state index in [1.165, 1.54) is 0 Å². The van der Waals surface area contributed by atoms with Crippen LogP contribution in [0.1, 0.15) is 6.42 Å². The Balaban J connectivity index is 0.000000261. The Morgan fingerprint density at radius 3 is 1.21 bits per heavy atom. The summed E-state index contributed by atoms with van der Waals surface area (Å²) in [6, 6.07) is 0. The highest BCUT2D eigenvalue weighted by Crippen LogP contribution is 2.08. The highest BCUT2D eigenvalue weighted by atomic mass is 35.5. The van der Waals surface area contributed by atoms with Crippen LogP contribution >= 0.6 is 23.2 Å². The highest BCUT2D eigenvalue weighted by Gasteiger charge is 2.22. The van der Waals surface area contributed by atoms with Crippen molar-refractivity contribution >= 4 is 23.2 Å². The lowest BCUT2D eigenvalue weighted by atomic mass is 10.5. The standard InChI is InChI=1S/2C5H11NO.C3H6Cl2/c2*1-6(2)3-5-4-7-5;4-2-1-3-5/h2*5H,3-4H2,1-2H3;1-3H2. The Labute approximate surface area is 127 Å². The summed E-state index contributed by atoms with van der Waals surface area (Å²) >= 11 is 10.4. The SMILES string of the molecule is CN(C)CC1CO1.CN(C)CC1CO1.ClCCCCl. The number of hydrogen-bond donors (Lipinski definition) is 0. The van der Waals surface area contributed by atoms with Gasteiger partial charge in [0.15, 0.2) is 0 Å². The molecule has 0 spiro atoms. The van der Waals surface area contributed by atoms with Gasteiger partial charge in [0.1, 0.15) is 0 Å². The van der Waals surface area contributed by atoms with Gasteiger partial charge in [0.25, 0.3) is 0 Å². The molecule has 0 aliphatic carbocycles. The summed E-state index contributed by atoms with van der Waals surface area (Å²) in [6.07, 6.45) is 2.02. The normalized spacial score (nSPS) is 23.4. The lowest BCUT2D eigenvalue weighted by molar-refractivity contribution is 0.323. The van der Waals surface area contributed by atoms with E-state index in [2.05, 4.69) is 38.0 Å². The molecule has 6 heteroatoms. The smallest absolute Gasteiger partial charge is 0.0936 e. The van der Waals surface area contributed by atoms with E-state index in [-0.39, 0.29) is 0 Å². The quantitative estimate of drug-likeness (QED) is 0.552. The third-order valence-corrected chi connectivity index (χ3v) is 2.74. The molecule has 2 atom stereocenters. The molecular formula is C13H28Cl2N2O2. The summed E-state index contributed by atoms with van der Waals surface area (Å²) < 4.78 is 9.96. The number of epoxide rings is 2. The zero-order valence-corrected chi connectivity index (χ0v) is 14.1. The zero-order valence-electron chi connectivity index (χ0n) is 12.6. The first kappa shape index (κ1) is 19.4. The van der Waals surface area contributed by atoms with Crippen LogP contribution in [0.15, 0.2) is 0 Å². The van der Waals surface area contributed by atoms with Gasteiger partial charge in [-0.2, -0.15) is 0 Å². The molecule has 4 nitrogen and oxygen atoms in total. The summed E-state index contributed by atoms with van der Waals surface area (Å²) in [5, 5.41) is 0. The van der Waals surface area contributed by atoms with Crippen molar-refractivity contribution in [2.45, 2.75) is 18.6 Å². The van der Waals surface area contributed by atoms with Crippen LogP contribution in [-0.4, -0.2) is 88.3 Å². The van der Waals surface area contributed by atoms with Crippen LogP contribution in [0, 0.1) is 0 Å². The third kappa shape index (κ3) is 18.4. The molecule has 116 valence electrons. The van der Waals surface area contributed by atoms with Crippen LogP contribution in [0.25, 0.3) is 0 Å². The second-order valence-corrected chi connectivity index (χ2v) is 5.92. The molecule has 2 rings (SSSR count). The van der Waals surface area contributed by atoms with Crippen LogP contribution in [0.2, 0.25) is 0 Å². The van der Waals surface area contributed by atoms with Gasteiger partial charge in [-0.25, -0.2) is 0 Å². The van der Waals surface area contributed by atoms with E-state index in [0.29, 0.717) is 24.0 Å². The molecule has 0 aromatic heterocycles. The van der Waals surface area contributed by atoms with Crippen LogP contribution in [0.3, 0.4) is 0 Å². The second-order valence-electron chi connectivity index (χ2n) is 5.17. The molecular weight excluding hydrogens is 287 g/mol. The molecule has 2 heterocycles. The Hall–Kier alpha value is 0.420. The Bertz CT molecular complexity index is 179. The highest BCUT2D eigenvalue weighted by molar-refractivity contribution is 6.20. The van der Waals surface area contributed by atoms with E-state index in [4.69, 9.17) is 32.7 Å². The first-order valence-corrected chi connectivity index (χ1v) is 7.71. The Kier molecular flexibility index (Phi) is 12.5. The summed E-state index contributed by atoms with van der Waals surface area (Å²) in [5.41, 5.74) is 0. The van der Waals surface area contributed by atoms with E-state index in [1.54, 1.807) is 0 Å². The topological polar surface area (TPSA) is 31.5 Å². The zero-order chi connectivity index (χ0) is 14.7. The number of rotatable bonds is 6. The van der Waals surface area contributed by atoms with Crippen molar-refractivity contribution in [2.24, 2.45) is 0 Å². The molecule has 2 aliphatic heterocycles. The average molecular weight is 315 g/mol. The third-order valence-electron chi connectivity index (χ3n) is 2.21. The van der Waals surface area contributed by atoms with Crippen LogP contribution in [-0.2, 0) is 9.47 Å². The number of nitrogens with zero attached hydrogens (tertiary/aromatic N) is 2. The lowest BCUT2D eigenvalue weighted by Gasteiger charge is -2.03. The summed E-state index contributed by atoms with van der Waals surface area (Å²) in [7, 11) is 8.23. The van der Waals surface area contributed by atoms with E-state index >= 15 is 0 Å². The maximum absolute atomic E-state index is 5.22. The molecule has 0 amide bonds. The Morgan fingerprint density at radius 1 is 0.842 bits per heavy atom. The van der Waals surface area contributed by atoms with Gasteiger partial charge in [-0.05, 0) is 34.6 Å². The number of alkyl halides is 2. The second kappa shape index (κ2) is 12.2. The first-order valence-electron chi connectivity index (χ1n) is 6.64. The fourth-order valence-electron chi connectivity index (χ4n) is 1.21. The molecule has 2 saturated heterocycles. The molecule has 0 N–H and O–H groups in total. The van der Waals surface area contributed by atoms with Gasteiger partial charge in [0.2, 0.25) is 0 Å². The molecule has 0 aromatic carbocycles. The lowest BCUT2D eigenvalue weighted by Crippen LogP contribution is -2.17. The fourth-order valence-corrected chi connectivity index (χ4v) is 1.62. The molecule has 0 bridgehead atoms. The monoisotopic (exact) mass is 314 g/mol. The average Bonchev–Trinajstić information content (AvgIpc) is 3.17. The van der Waals surface area contributed by atoms with Gasteiger partial charge < -0.3 is 19.3 Å². The summed E-state index contributed by atoms with van der Waals surface area (Å²) in [6.45, 7) is 4.11. The minimum Gasteiger partial charge on any atom is -0.372 e. The molecule has 2 fully saturated rings. The van der Waals surface area contributed by atoms with E-state index in [1.807, 2.05) is 0 Å². The minimum atomic E-state index is 0.551. The molecule has 0 aromatic rings. The molecule has 2 aliphatic rings. The van der Waals surface area contributed by atoms with E-state index < -0.39 is 0 Å². The molecule has 0 saturated carbocycles. The number of ether oxygens (including phenoxy) is 2. The van der Waals surface area contributed by atoms with Crippen molar-refractivity contribution in [1.82, 2.24) is 9.80 Å². The van der Waals surface area contributed by atoms with Gasteiger partial charge in [-0.15, -0.1) is 23.2 Å². The van der Waals surface area contributed by atoms with Gasteiger partial charge >= 0.3 is 0 Å². The molecule has 0 radical (unpaired) electrons.